The maximum atomic E-state index is 12.3. The first-order chi connectivity index (χ1) is 9.92. The van der Waals surface area contributed by atoms with Gasteiger partial charge < -0.3 is 5.11 Å². The Labute approximate surface area is 133 Å². The normalized spacial score (nSPS) is 11.6. The van der Waals surface area contributed by atoms with Gasteiger partial charge in [-0.15, -0.1) is 0 Å². The molecule has 0 fully saturated rings. The topological polar surface area (TPSA) is 66.4 Å². The summed E-state index contributed by atoms with van der Waals surface area (Å²) in [6, 6.07) is 12.2. The van der Waals surface area contributed by atoms with Gasteiger partial charge in [0.2, 0.25) is 10.0 Å². The molecule has 0 aliphatic heterocycles. The van der Waals surface area contributed by atoms with Crippen molar-refractivity contribution in [1.82, 2.24) is 4.72 Å². The van der Waals surface area contributed by atoms with Crippen LogP contribution < -0.4 is 4.72 Å². The number of hydrogen-bond donors (Lipinski definition) is 2. The van der Waals surface area contributed by atoms with Gasteiger partial charge in [0, 0.05) is 11.0 Å². The number of hydrogen-bond acceptors (Lipinski definition) is 3. The van der Waals surface area contributed by atoms with E-state index in [4.69, 9.17) is 0 Å². The monoisotopic (exact) mass is 369 g/mol. The Kier molecular flexibility index (Phi) is 5.16. The first-order valence-electron chi connectivity index (χ1n) is 6.37. The molecule has 0 spiro atoms. The van der Waals surface area contributed by atoms with Crippen molar-refractivity contribution in [3.8, 4) is 0 Å². The molecule has 0 saturated heterocycles. The molecular formula is C15H16BrNO3S. The van der Waals surface area contributed by atoms with E-state index in [1.807, 2.05) is 31.2 Å². The van der Waals surface area contributed by atoms with Crippen molar-refractivity contribution in [2.24, 2.45) is 0 Å². The van der Waals surface area contributed by atoms with Gasteiger partial charge in [-0.3, -0.25) is 0 Å². The van der Waals surface area contributed by atoms with Crippen molar-refractivity contribution >= 4 is 26.0 Å². The quantitative estimate of drug-likeness (QED) is 0.851. The molecule has 0 radical (unpaired) electrons. The Balaban J connectivity index is 2.18. The maximum Gasteiger partial charge on any atom is 0.240 e. The molecule has 0 aliphatic carbocycles. The number of halogens is 1. The highest BCUT2D eigenvalue weighted by Gasteiger charge is 2.15. The minimum Gasteiger partial charge on any atom is -0.392 e. The molecule has 0 amide bonds. The van der Waals surface area contributed by atoms with Crippen LogP contribution in [0.3, 0.4) is 0 Å². The predicted molar refractivity (Wildman–Crippen MR) is 85.3 cm³/mol. The van der Waals surface area contributed by atoms with Crippen LogP contribution in [0.2, 0.25) is 0 Å². The molecule has 0 aromatic heterocycles. The van der Waals surface area contributed by atoms with E-state index < -0.39 is 10.0 Å². The molecule has 4 nitrogen and oxygen atoms in total. The molecule has 0 aliphatic rings. The fraction of sp³-hybridized carbons (Fsp3) is 0.200. The molecule has 6 heteroatoms. The molecule has 0 unspecified atom stereocenters. The average Bonchev–Trinajstić information content (AvgIpc) is 2.46. The third-order valence-corrected chi connectivity index (χ3v) is 5.05. The largest absolute Gasteiger partial charge is 0.392 e. The van der Waals surface area contributed by atoms with E-state index in [-0.39, 0.29) is 18.0 Å². The van der Waals surface area contributed by atoms with Gasteiger partial charge in [-0.1, -0.05) is 34.1 Å². The third kappa shape index (κ3) is 4.14. The molecule has 0 atom stereocenters. The summed E-state index contributed by atoms with van der Waals surface area (Å²) in [5, 5.41) is 9.23. The minimum absolute atomic E-state index is 0.159. The third-order valence-electron chi connectivity index (χ3n) is 3.16. The summed E-state index contributed by atoms with van der Waals surface area (Å²) in [5.74, 6) is 0. The molecule has 0 heterocycles. The van der Waals surface area contributed by atoms with Gasteiger partial charge in [-0.25, -0.2) is 13.1 Å². The van der Waals surface area contributed by atoms with Crippen LogP contribution in [-0.2, 0) is 23.2 Å². The van der Waals surface area contributed by atoms with Gasteiger partial charge >= 0.3 is 0 Å². The Morgan fingerprint density at radius 3 is 2.62 bits per heavy atom. The summed E-state index contributed by atoms with van der Waals surface area (Å²) < 4.78 is 28.0. The Bertz CT molecular complexity index is 744. The molecular weight excluding hydrogens is 354 g/mol. The molecule has 2 aromatic carbocycles. The molecule has 2 aromatic rings. The lowest BCUT2D eigenvalue weighted by Crippen LogP contribution is -2.23. The van der Waals surface area contributed by atoms with E-state index >= 15 is 0 Å². The number of nitrogens with one attached hydrogen (secondary N) is 1. The van der Waals surface area contributed by atoms with Crippen molar-refractivity contribution in [3.05, 3.63) is 63.6 Å². The highest BCUT2D eigenvalue weighted by Crippen LogP contribution is 2.17. The number of aliphatic hydroxyl groups excluding tert-OH is 1. The lowest BCUT2D eigenvalue weighted by molar-refractivity contribution is 0.280. The van der Waals surface area contributed by atoms with Crippen LogP contribution in [0.15, 0.2) is 51.8 Å². The highest BCUT2D eigenvalue weighted by molar-refractivity contribution is 9.10. The second-order valence-corrected chi connectivity index (χ2v) is 7.38. The van der Waals surface area contributed by atoms with Crippen molar-refractivity contribution in [2.75, 3.05) is 0 Å². The van der Waals surface area contributed by atoms with Gasteiger partial charge in [0.1, 0.15) is 0 Å². The van der Waals surface area contributed by atoms with Gasteiger partial charge in [0.15, 0.2) is 0 Å². The number of sulfonamides is 1. The SMILES string of the molecule is Cc1ccc(S(=O)(=O)NCc2cccc(Br)c2)cc1CO. The number of benzene rings is 2. The van der Waals surface area contributed by atoms with E-state index in [0.717, 1.165) is 15.6 Å². The van der Waals surface area contributed by atoms with Gasteiger partial charge in [0.25, 0.3) is 0 Å². The lowest BCUT2D eigenvalue weighted by Gasteiger charge is -2.09. The fourth-order valence-electron chi connectivity index (χ4n) is 1.89. The van der Waals surface area contributed by atoms with Crippen LogP contribution in [0.25, 0.3) is 0 Å². The number of aryl methyl sites for hydroxylation is 1. The van der Waals surface area contributed by atoms with Gasteiger partial charge in [-0.05, 0) is 47.9 Å². The van der Waals surface area contributed by atoms with Gasteiger partial charge in [0.05, 0.1) is 11.5 Å². The molecule has 2 rings (SSSR count). The second-order valence-electron chi connectivity index (χ2n) is 4.70. The second kappa shape index (κ2) is 6.70. The minimum atomic E-state index is -3.60. The van der Waals surface area contributed by atoms with E-state index in [2.05, 4.69) is 20.7 Å². The van der Waals surface area contributed by atoms with E-state index in [0.29, 0.717) is 5.56 Å². The highest BCUT2D eigenvalue weighted by atomic mass is 79.9. The zero-order valence-electron chi connectivity index (χ0n) is 11.5. The number of rotatable bonds is 5. The number of aliphatic hydroxyl groups is 1. The maximum absolute atomic E-state index is 12.3. The Morgan fingerprint density at radius 1 is 1.19 bits per heavy atom. The fourth-order valence-corrected chi connectivity index (χ4v) is 3.41. The smallest absolute Gasteiger partial charge is 0.240 e. The van der Waals surface area contributed by atoms with Crippen molar-refractivity contribution in [1.29, 1.82) is 0 Å². The first-order valence-corrected chi connectivity index (χ1v) is 8.64. The average molecular weight is 370 g/mol. The van der Waals surface area contributed by atoms with Crippen LogP contribution in [-0.4, -0.2) is 13.5 Å². The lowest BCUT2D eigenvalue weighted by atomic mass is 10.1. The van der Waals surface area contributed by atoms with Crippen LogP contribution in [0.5, 0.6) is 0 Å². The molecule has 0 bridgehead atoms. The Hall–Kier alpha value is -1.21. The summed E-state index contributed by atoms with van der Waals surface area (Å²) in [7, 11) is -3.60. The Morgan fingerprint density at radius 2 is 1.95 bits per heavy atom. The van der Waals surface area contributed by atoms with Crippen LogP contribution in [0, 0.1) is 6.92 Å². The molecule has 2 N–H and O–H groups in total. The summed E-state index contributed by atoms with van der Waals surface area (Å²) in [6.07, 6.45) is 0. The standard InChI is InChI=1S/C15H16BrNO3S/c1-11-5-6-15(8-13(11)10-18)21(19,20)17-9-12-3-2-4-14(16)7-12/h2-8,17-18H,9-10H2,1H3. The van der Waals surface area contributed by atoms with E-state index in [1.54, 1.807) is 6.07 Å². The zero-order chi connectivity index (χ0) is 15.5. The summed E-state index contributed by atoms with van der Waals surface area (Å²) in [6.45, 7) is 1.86. The first kappa shape index (κ1) is 16.2. The van der Waals surface area contributed by atoms with Gasteiger partial charge in [-0.2, -0.15) is 0 Å². The summed E-state index contributed by atoms with van der Waals surface area (Å²) in [5.41, 5.74) is 2.34. The zero-order valence-corrected chi connectivity index (χ0v) is 13.9. The van der Waals surface area contributed by atoms with E-state index in [1.165, 1.54) is 12.1 Å². The van der Waals surface area contributed by atoms with Crippen LogP contribution in [0.4, 0.5) is 0 Å². The van der Waals surface area contributed by atoms with Crippen molar-refractivity contribution < 1.29 is 13.5 Å². The van der Waals surface area contributed by atoms with Crippen LogP contribution >= 0.6 is 15.9 Å². The van der Waals surface area contributed by atoms with E-state index in [9.17, 15) is 13.5 Å². The molecule has 112 valence electrons. The van der Waals surface area contributed by atoms with Crippen LogP contribution in [0.1, 0.15) is 16.7 Å². The summed E-state index contributed by atoms with van der Waals surface area (Å²) in [4.78, 5) is 0.159. The molecule has 21 heavy (non-hydrogen) atoms. The van der Waals surface area contributed by atoms with Crippen molar-refractivity contribution in [3.63, 3.8) is 0 Å². The summed E-state index contributed by atoms with van der Waals surface area (Å²) >= 11 is 3.35. The predicted octanol–water partition coefficient (Wildman–Crippen LogP) is 2.73. The van der Waals surface area contributed by atoms with Crippen molar-refractivity contribution in [2.45, 2.75) is 25.0 Å². The molecule has 0 saturated carbocycles.